The molecule has 1 aliphatic rings. The van der Waals surface area contributed by atoms with Crippen LogP contribution in [0.5, 0.6) is 0 Å². The molecular formula is C14H23N3O2. The third-order valence-corrected chi connectivity index (χ3v) is 4.06. The van der Waals surface area contributed by atoms with E-state index in [1.807, 2.05) is 25.8 Å². The number of hydrogen-bond donors (Lipinski definition) is 1. The lowest BCUT2D eigenvalue weighted by molar-refractivity contribution is 0.0561. The molecule has 1 fully saturated rings. The van der Waals surface area contributed by atoms with E-state index in [9.17, 15) is 4.79 Å². The molecule has 1 N–H and O–H groups in total. The molecule has 0 bridgehead atoms. The second-order valence-electron chi connectivity index (χ2n) is 5.33. The van der Waals surface area contributed by atoms with E-state index in [0.717, 1.165) is 29.8 Å². The van der Waals surface area contributed by atoms with Crippen molar-refractivity contribution in [1.29, 1.82) is 0 Å². The molecule has 0 radical (unpaired) electrons. The fourth-order valence-electron chi connectivity index (χ4n) is 2.62. The van der Waals surface area contributed by atoms with Gasteiger partial charge in [0.05, 0.1) is 11.3 Å². The van der Waals surface area contributed by atoms with Crippen LogP contribution in [0.15, 0.2) is 0 Å². The van der Waals surface area contributed by atoms with Crippen LogP contribution in [-0.2, 0) is 7.05 Å². The lowest BCUT2D eigenvalue weighted by atomic mass is 9.90. The van der Waals surface area contributed by atoms with Crippen LogP contribution >= 0.6 is 0 Å². The highest BCUT2D eigenvalue weighted by atomic mass is 16.3. The van der Waals surface area contributed by atoms with Gasteiger partial charge in [0.1, 0.15) is 0 Å². The first-order valence-corrected chi connectivity index (χ1v) is 6.98. The number of carbonyl (C=O) groups is 1. The zero-order chi connectivity index (χ0) is 14.0. The van der Waals surface area contributed by atoms with E-state index in [-0.39, 0.29) is 12.5 Å². The van der Waals surface area contributed by atoms with Crippen molar-refractivity contribution in [2.45, 2.75) is 45.6 Å². The highest BCUT2D eigenvalue weighted by molar-refractivity contribution is 5.96. The van der Waals surface area contributed by atoms with E-state index in [1.54, 1.807) is 4.68 Å². The molecule has 1 heterocycles. The Kier molecular flexibility index (Phi) is 4.24. The van der Waals surface area contributed by atoms with Gasteiger partial charge in [-0.2, -0.15) is 5.10 Å². The van der Waals surface area contributed by atoms with Crippen LogP contribution in [0.3, 0.4) is 0 Å². The highest BCUT2D eigenvalue weighted by Crippen LogP contribution is 2.27. The van der Waals surface area contributed by atoms with Gasteiger partial charge in [-0.1, -0.05) is 0 Å². The van der Waals surface area contributed by atoms with Gasteiger partial charge in [0.15, 0.2) is 0 Å². The Bertz CT molecular complexity index is 464. The third kappa shape index (κ3) is 2.66. The van der Waals surface area contributed by atoms with Crippen molar-refractivity contribution in [2.75, 3.05) is 13.2 Å². The van der Waals surface area contributed by atoms with E-state index in [1.165, 1.54) is 6.42 Å². The number of aliphatic hydroxyl groups is 1. The Hall–Kier alpha value is -1.36. The first kappa shape index (κ1) is 14.1. The Morgan fingerprint density at radius 3 is 2.58 bits per heavy atom. The topological polar surface area (TPSA) is 58.4 Å². The lowest BCUT2D eigenvalue weighted by Crippen LogP contribution is -2.45. The van der Waals surface area contributed by atoms with Crippen LogP contribution in [-0.4, -0.2) is 44.9 Å². The van der Waals surface area contributed by atoms with Gasteiger partial charge in [-0.25, -0.2) is 0 Å². The maximum atomic E-state index is 12.7. The summed E-state index contributed by atoms with van der Waals surface area (Å²) in [6, 6.07) is 0.345. The fourth-order valence-corrected chi connectivity index (χ4v) is 2.62. The van der Waals surface area contributed by atoms with Crippen molar-refractivity contribution < 1.29 is 9.90 Å². The standard InChI is InChI=1S/C14H23N3O2/c1-10-13(11(2)16(3)15-10)14(19)17(8-5-9-18)12-6-4-7-12/h12,18H,4-9H2,1-3H3. The van der Waals surface area contributed by atoms with Gasteiger partial charge < -0.3 is 10.0 Å². The SMILES string of the molecule is Cc1nn(C)c(C)c1C(=O)N(CCCO)C1CCC1. The average molecular weight is 265 g/mol. The second-order valence-corrected chi connectivity index (χ2v) is 5.33. The molecule has 5 heteroatoms. The molecule has 1 aromatic rings. The average Bonchev–Trinajstić information content (AvgIpc) is 2.55. The van der Waals surface area contributed by atoms with Crippen LogP contribution in [0.2, 0.25) is 0 Å². The summed E-state index contributed by atoms with van der Waals surface area (Å²) in [6.45, 7) is 4.57. The Morgan fingerprint density at radius 1 is 1.47 bits per heavy atom. The van der Waals surface area contributed by atoms with Crippen LogP contribution in [0, 0.1) is 13.8 Å². The molecule has 1 aromatic heterocycles. The summed E-state index contributed by atoms with van der Waals surface area (Å²) in [4.78, 5) is 14.7. The predicted molar refractivity (Wildman–Crippen MR) is 73.1 cm³/mol. The number of aliphatic hydroxyl groups excluding tert-OH is 1. The molecule has 0 spiro atoms. The quantitative estimate of drug-likeness (QED) is 0.876. The summed E-state index contributed by atoms with van der Waals surface area (Å²) < 4.78 is 1.76. The van der Waals surface area contributed by atoms with Crippen molar-refractivity contribution in [2.24, 2.45) is 7.05 Å². The normalized spacial score (nSPS) is 15.4. The highest BCUT2D eigenvalue weighted by Gasteiger charge is 2.31. The Labute approximate surface area is 114 Å². The Morgan fingerprint density at radius 2 is 2.16 bits per heavy atom. The van der Waals surface area contributed by atoms with Gasteiger partial charge in [-0.05, 0) is 39.5 Å². The molecule has 0 aromatic carbocycles. The summed E-state index contributed by atoms with van der Waals surface area (Å²) in [5.74, 6) is 0.0706. The van der Waals surface area contributed by atoms with Gasteiger partial charge >= 0.3 is 0 Å². The fraction of sp³-hybridized carbons (Fsp3) is 0.714. The van der Waals surface area contributed by atoms with E-state index in [4.69, 9.17) is 5.11 Å². The number of nitrogens with zero attached hydrogens (tertiary/aromatic N) is 3. The summed E-state index contributed by atoms with van der Waals surface area (Å²) in [6.07, 6.45) is 3.99. The summed E-state index contributed by atoms with van der Waals surface area (Å²) in [7, 11) is 1.86. The minimum absolute atomic E-state index is 0.0706. The first-order valence-electron chi connectivity index (χ1n) is 6.98. The maximum Gasteiger partial charge on any atom is 0.257 e. The van der Waals surface area contributed by atoms with Crippen molar-refractivity contribution >= 4 is 5.91 Å². The van der Waals surface area contributed by atoms with Crippen molar-refractivity contribution in [1.82, 2.24) is 14.7 Å². The number of amides is 1. The Balaban J connectivity index is 2.22. The lowest BCUT2D eigenvalue weighted by Gasteiger charge is -2.37. The maximum absolute atomic E-state index is 12.7. The molecule has 106 valence electrons. The number of hydrogen-bond acceptors (Lipinski definition) is 3. The van der Waals surface area contributed by atoms with E-state index in [0.29, 0.717) is 19.0 Å². The number of aryl methyl sites for hydroxylation is 2. The van der Waals surface area contributed by atoms with Gasteiger partial charge in [0.25, 0.3) is 5.91 Å². The molecule has 0 unspecified atom stereocenters. The summed E-state index contributed by atoms with van der Waals surface area (Å²) in [5, 5.41) is 13.3. The van der Waals surface area contributed by atoms with Gasteiger partial charge in [0.2, 0.25) is 0 Å². The van der Waals surface area contributed by atoms with Crippen LogP contribution in [0.4, 0.5) is 0 Å². The molecule has 1 aliphatic carbocycles. The van der Waals surface area contributed by atoms with Crippen molar-refractivity contribution in [3.63, 3.8) is 0 Å². The number of carbonyl (C=O) groups excluding carboxylic acids is 1. The minimum atomic E-state index is 0.0706. The molecule has 1 saturated carbocycles. The van der Waals surface area contributed by atoms with Gasteiger partial charge in [-0.3, -0.25) is 9.48 Å². The molecule has 2 rings (SSSR count). The zero-order valence-corrected chi connectivity index (χ0v) is 12.0. The smallest absolute Gasteiger partial charge is 0.257 e. The van der Waals surface area contributed by atoms with Crippen molar-refractivity contribution in [3.8, 4) is 0 Å². The van der Waals surface area contributed by atoms with Crippen LogP contribution in [0.1, 0.15) is 47.4 Å². The van der Waals surface area contributed by atoms with E-state index in [2.05, 4.69) is 5.10 Å². The van der Waals surface area contributed by atoms with Crippen LogP contribution in [0.25, 0.3) is 0 Å². The molecule has 19 heavy (non-hydrogen) atoms. The number of rotatable bonds is 5. The minimum Gasteiger partial charge on any atom is -0.396 e. The zero-order valence-electron chi connectivity index (χ0n) is 12.0. The summed E-state index contributed by atoms with van der Waals surface area (Å²) >= 11 is 0. The van der Waals surface area contributed by atoms with Crippen molar-refractivity contribution in [3.05, 3.63) is 17.0 Å². The number of aromatic nitrogens is 2. The van der Waals surface area contributed by atoms with Gasteiger partial charge in [-0.15, -0.1) is 0 Å². The molecule has 0 saturated heterocycles. The second kappa shape index (κ2) is 5.74. The predicted octanol–water partition coefficient (Wildman–Crippen LogP) is 1.41. The molecular weight excluding hydrogens is 242 g/mol. The first-order chi connectivity index (χ1) is 9.06. The van der Waals surface area contributed by atoms with E-state index >= 15 is 0 Å². The molecule has 0 aliphatic heterocycles. The monoisotopic (exact) mass is 265 g/mol. The van der Waals surface area contributed by atoms with Crippen LogP contribution < -0.4 is 0 Å². The third-order valence-electron chi connectivity index (χ3n) is 4.06. The molecule has 0 atom stereocenters. The van der Waals surface area contributed by atoms with Gasteiger partial charge in [0, 0.05) is 31.9 Å². The summed E-state index contributed by atoms with van der Waals surface area (Å²) in [5.41, 5.74) is 2.43. The molecule has 1 amide bonds. The molecule has 5 nitrogen and oxygen atoms in total. The largest absolute Gasteiger partial charge is 0.396 e. The van der Waals surface area contributed by atoms with E-state index < -0.39 is 0 Å².